The lowest BCUT2D eigenvalue weighted by Crippen LogP contribution is -2.49. The first-order chi connectivity index (χ1) is 12.6. The van der Waals surface area contributed by atoms with Gasteiger partial charge < -0.3 is 14.6 Å². The summed E-state index contributed by atoms with van der Waals surface area (Å²) >= 11 is 5.91. The second-order valence-electron chi connectivity index (χ2n) is 6.31. The molecular weight excluding hydrogens is 352 g/mol. The van der Waals surface area contributed by atoms with Gasteiger partial charge in [0.2, 0.25) is 0 Å². The molecule has 1 aliphatic heterocycles. The number of carbonyl (C=O) groups excluding carboxylic acids is 2. The number of H-pyrrole nitrogens is 1. The molecule has 1 aliphatic rings. The number of rotatable bonds is 2. The molecule has 1 aromatic heterocycles. The third-order valence-electron chi connectivity index (χ3n) is 4.83. The lowest BCUT2D eigenvalue weighted by Gasteiger charge is -2.34. The molecule has 0 radical (unpaired) electrons. The number of carbonyl (C=O) groups is 2. The van der Waals surface area contributed by atoms with Crippen molar-refractivity contribution in [2.24, 2.45) is 0 Å². The zero-order valence-corrected chi connectivity index (χ0v) is 14.9. The molecule has 3 aromatic rings. The maximum atomic E-state index is 13.0. The minimum Gasteiger partial charge on any atom is -0.467 e. The fraction of sp³-hybridized carbons (Fsp3) is 0.200. The third-order valence-corrected chi connectivity index (χ3v) is 5.08. The molecule has 1 unspecified atom stereocenters. The first kappa shape index (κ1) is 16.7. The largest absolute Gasteiger partial charge is 0.467 e. The quantitative estimate of drug-likeness (QED) is 0.703. The van der Waals surface area contributed by atoms with Crippen LogP contribution in [-0.4, -0.2) is 34.9 Å². The zero-order valence-electron chi connectivity index (χ0n) is 14.2. The lowest BCUT2D eigenvalue weighted by molar-refractivity contribution is -0.146. The molecule has 0 fully saturated rings. The van der Waals surface area contributed by atoms with Gasteiger partial charge in [0.15, 0.2) is 0 Å². The standard InChI is InChI=1S/C20H17ClN2O3/c1-26-20(25)18-10-15-14-4-2-3-5-16(14)22-17(15)11-23(18)19(24)12-6-8-13(21)9-7-12/h2-9,18,22H,10-11H2,1H3. The Morgan fingerprint density at radius 3 is 2.62 bits per heavy atom. The molecule has 0 saturated heterocycles. The normalized spacial score (nSPS) is 16.4. The number of nitrogens with one attached hydrogen (secondary N) is 1. The molecule has 0 aliphatic carbocycles. The van der Waals surface area contributed by atoms with E-state index in [9.17, 15) is 9.59 Å². The van der Waals surface area contributed by atoms with Gasteiger partial charge in [0.1, 0.15) is 6.04 Å². The molecule has 0 spiro atoms. The van der Waals surface area contributed by atoms with Crippen LogP contribution in [0.1, 0.15) is 21.6 Å². The molecular formula is C20H17ClN2O3. The topological polar surface area (TPSA) is 62.4 Å². The van der Waals surface area contributed by atoms with Crippen LogP contribution in [0, 0.1) is 0 Å². The fourth-order valence-electron chi connectivity index (χ4n) is 3.53. The Balaban J connectivity index is 1.76. The number of benzene rings is 2. The van der Waals surface area contributed by atoms with Gasteiger partial charge in [0.25, 0.3) is 5.91 Å². The first-order valence-electron chi connectivity index (χ1n) is 8.31. The molecule has 1 atom stereocenters. The number of hydrogen-bond acceptors (Lipinski definition) is 3. The Morgan fingerprint density at radius 1 is 1.15 bits per heavy atom. The van der Waals surface area contributed by atoms with Crippen molar-refractivity contribution >= 4 is 34.4 Å². The van der Waals surface area contributed by atoms with Gasteiger partial charge in [-0.2, -0.15) is 0 Å². The van der Waals surface area contributed by atoms with Crippen LogP contribution in [0.3, 0.4) is 0 Å². The average molecular weight is 369 g/mol. The van der Waals surface area contributed by atoms with E-state index in [-0.39, 0.29) is 5.91 Å². The molecule has 0 bridgehead atoms. The number of para-hydroxylation sites is 1. The molecule has 132 valence electrons. The number of nitrogens with zero attached hydrogens (tertiary/aromatic N) is 1. The Morgan fingerprint density at radius 2 is 1.88 bits per heavy atom. The smallest absolute Gasteiger partial charge is 0.328 e. The maximum Gasteiger partial charge on any atom is 0.328 e. The Bertz CT molecular complexity index is 994. The molecule has 26 heavy (non-hydrogen) atoms. The average Bonchev–Trinajstić information content (AvgIpc) is 3.04. The van der Waals surface area contributed by atoms with Crippen molar-refractivity contribution in [3.8, 4) is 0 Å². The van der Waals surface area contributed by atoms with Crippen LogP contribution in [0.2, 0.25) is 5.02 Å². The number of fused-ring (bicyclic) bond motifs is 3. The van der Waals surface area contributed by atoms with E-state index < -0.39 is 12.0 Å². The molecule has 1 amide bonds. The Labute approximate surface area is 155 Å². The minimum atomic E-state index is -0.658. The summed E-state index contributed by atoms with van der Waals surface area (Å²) in [7, 11) is 1.35. The van der Waals surface area contributed by atoms with Crippen LogP contribution >= 0.6 is 11.6 Å². The van der Waals surface area contributed by atoms with Crippen LogP contribution in [0.5, 0.6) is 0 Å². The molecule has 4 rings (SSSR count). The Hall–Kier alpha value is -2.79. The van der Waals surface area contributed by atoms with Crippen molar-refractivity contribution in [1.82, 2.24) is 9.88 Å². The number of halogens is 1. The third kappa shape index (κ3) is 2.74. The van der Waals surface area contributed by atoms with E-state index in [1.54, 1.807) is 29.2 Å². The minimum absolute atomic E-state index is 0.221. The van der Waals surface area contributed by atoms with Crippen LogP contribution in [-0.2, 0) is 22.5 Å². The molecule has 1 N–H and O–H groups in total. The van der Waals surface area contributed by atoms with E-state index in [0.717, 1.165) is 22.2 Å². The number of amides is 1. The summed E-state index contributed by atoms with van der Waals surface area (Å²) in [4.78, 5) is 30.3. The van der Waals surface area contributed by atoms with Crippen LogP contribution in [0.15, 0.2) is 48.5 Å². The van der Waals surface area contributed by atoms with Crippen LogP contribution in [0.4, 0.5) is 0 Å². The summed E-state index contributed by atoms with van der Waals surface area (Å²) in [5.74, 6) is -0.635. The van der Waals surface area contributed by atoms with Gasteiger partial charge in [-0.15, -0.1) is 0 Å². The second kappa shape index (κ2) is 6.50. The highest BCUT2D eigenvalue weighted by Gasteiger charge is 2.37. The summed E-state index contributed by atoms with van der Waals surface area (Å²) in [6.07, 6.45) is 0.422. The predicted molar refractivity (Wildman–Crippen MR) is 99.1 cm³/mol. The number of hydrogen-bond donors (Lipinski definition) is 1. The summed E-state index contributed by atoms with van der Waals surface area (Å²) in [5, 5.41) is 1.64. The summed E-state index contributed by atoms with van der Waals surface area (Å²) in [6, 6.07) is 13.9. The predicted octanol–water partition coefficient (Wildman–Crippen LogP) is 3.56. The number of aromatic nitrogens is 1. The number of ether oxygens (including phenoxy) is 1. The van der Waals surface area contributed by atoms with E-state index in [4.69, 9.17) is 16.3 Å². The highest BCUT2D eigenvalue weighted by Crippen LogP contribution is 2.31. The van der Waals surface area contributed by atoms with Gasteiger partial charge in [-0.05, 0) is 35.9 Å². The number of aromatic amines is 1. The highest BCUT2D eigenvalue weighted by atomic mass is 35.5. The van der Waals surface area contributed by atoms with Crippen molar-refractivity contribution in [1.29, 1.82) is 0 Å². The molecule has 6 heteroatoms. The van der Waals surface area contributed by atoms with E-state index in [1.807, 2.05) is 24.3 Å². The van der Waals surface area contributed by atoms with Crippen molar-refractivity contribution < 1.29 is 14.3 Å². The second-order valence-corrected chi connectivity index (χ2v) is 6.75. The summed E-state index contributed by atoms with van der Waals surface area (Å²) < 4.78 is 4.96. The van der Waals surface area contributed by atoms with Crippen LogP contribution < -0.4 is 0 Å². The first-order valence-corrected chi connectivity index (χ1v) is 8.69. The summed E-state index contributed by atoms with van der Waals surface area (Å²) in [5.41, 5.74) is 3.51. The molecule has 2 aromatic carbocycles. The number of esters is 1. The van der Waals surface area contributed by atoms with Crippen LogP contribution in [0.25, 0.3) is 10.9 Å². The van der Waals surface area contributed by atoms with E-state index in [1.165, 1.54) is 7.11 Å². The lowest BCUT2D eigenvalue weighted by atomic mass is 9.96. The zero-order chi connectivity index (χ0) is 18.3. The monoisotopic (exact) mass is 368 g/mol. The number of methoxy groups -OCH3 is 1. The van der Waals surface area contributed by atoms with Crippen molar-refractivity contribution in [2.45, 2.75) is 19.0 Å². The van der Waals surface area contributed by atoms with E-state index in [0.29, 0.717) is 23.6 Å². The molecule has 5 nitrogen and oxygen atoms in total. The van der Waals surface area contributed by atoms with Crippen molar-refractivity contribution in [3.05, 3.63) is 70.4 Å². The fourth-order valence-corrected chi connectivity index (χ4v) is 3.65. The molecule has 2 heterocycles. The molecule has 0 saturated carbocycles. The van der Waals surface area contributed by atoms with Gasteiger partial charge in [0.05, 0.1) is 13.7 Å². The van der Waals surface area contributed by atoms with Gasteiger partial charge in [0, 0.05) is 33.6 Å². The van der Waals surface area contributed by atoms with Gasteiger partial charge >= 0.3 is 5.97 Å². The highest BCUT2D eigenvalue weighted by molar-refractivity contribution is 6.30. The van der Waals surface area contributed by atoms with Gasteiger partial charge in [-0.3, -0.25) is 4.79 Å². The van der Waals surface area contributed by atoms with E-state index in [2.05, 4.69) is 4.98 Å². The SMILES string of the molecule is COC(=O)C1Cc2c([nH]c3ccccc23)CN1C(=O)c1ccc(Cl)cc1. The van der Waals surface area contributed by atoms with Gasteiger partial charge in [-0.25, -0.2) is 4.79 Å². The Kier molecular flexibility index (Phi) is 4.17. The van der Waals surface area contributed by atoms with Crippen molar-refractivity contribution in [3.63, 3.8) is 0 Å². The van der Waals surface area contributed by atoms with Crippen molar-refractivity contribution in [2.75, 3.05) is 7.11 Å². The van der Waals surface area contributed by atoms with Gasteiger partial charge in [-0.1, -0.05) is 29.8 Å². The maximum absolute atomic E-state index is 13.0. The summed E-state index contributed by atoms with van der Waals surface area (Å²) in [6.45, 7) is 0.325. The van der Waals surface area contributed by atoms with E-state index >= 15 is 0 Å².